The number of rotatable bonds is 24. The first-order chi connectivity index (χ1) is 68.2. The van der Waals surface area contributed by atoms with E-state index in [2.05, 4.69) is 117 Å². The topological polar surface area (TPSA) is 240 Å². The number of likely N-dealkylation sites (tertiary alicyclic amines) is 4. The zero-order chi connectivity index (χ0) is 100. The molecule has 1 N–H and O–H groups in total. The second-order valence-electron chi connectivity index (χ2n) is 39.2. The van der Waals surface area contributed by atoms with Gasteiger partial charge in [0.15, 0.2) is 5.83 Å². The minimum absolute atomic E-state index is 0. The van der Waals surface area contributed by atoms with E-state index in [0.29, 0.717) is 158 Å². The van der Waals surface area contributed by atoms with Crippen LogP contribution in [0.15, 0.2) is 122 Å². The summed E-state index contributed by atoms with van der Waals surface area (Å²) in [6.07, 6.45) is 6.30. The van der Waals surface area contributed by atoms with Crippen LogP contribution in [-0.4, -0.2) is 331 Å². The number of benzene rings is 5. The first kappa shape index (κ1) is 109. The molecular formula is C104H127ClF8N24O6S2. The number of piperazine rings is 3. The molecule has 774 valence electrons. The molecule has 9 aromatic rings. The van der Waals surface area contributed by atoms with Gasteiger partial charge in [-0.15, -0.1) is 0 Å². The molecule has 0 bridgehead atoms. The van der Waals surface area contributed by atoms with Crippen molar-refractivity contribution in [2.45, 2.75) is 160 Å². The molecule has 0 saturated carbocycles. The third-order valence-electron chi connectivity index (χ3n) is 29.0. The lowest BCUT2D eigenvalue weighted by Crippen LogP contribution is -2.57. The highest BCUT2D eigenvalue weighted by Gasteiger charge is 2.46. The fourth-order valence-corrected chi connectivity index (χ4v) is 22.2. The highest BCUT2D eigenvalue weighted by atomic mass is 35.5. The maximum Gasteiger partial charge on any atom is 0.418 e. The molecule has 8 atom stereocenters. The number of nitrogens with one attached hydrogen (secondary N) is 1. The number of hydrogen-bond acceptors (Lipinski definition) is 23. The SMILES string of the molecule is C.S.S.[C-]#[N+]C[C@H]1CN(c2nc(OC[C@@H]3CC(C)(F)CN3C)nc3c2CCN(c2cccc4cccc(C)c24)C3)CCN1C(=O)/C=C/CF.[C-]#[N+]C[C@H]1CN(c2nc(OC[C@@H]3CC(C)(F)CN3C)nc3c2CCN(c2cccc4cccc(Cl)c24)C3)CCN1C(=O)/C=C/CN1CC(F)C1.[C-]#[N+]C[C@H]1CN(c2nc(OC[C@@H]3CCCN3C)nc3c2CCN(c2c(C(F)(F)F)c(C)cc4[nH]ncc24)C3)CCN1C(=O)C(=C)F. The first-order valence-corrected chi connectivity index (χ1v) is 48.9. The molecule has 10 aliphatic rings. The Hall–Kier alpha value is -12.1. The number of anilines is 6. The average molecular weight is 2060 g/mol. The molecule has 19 rings (SSSR count). The molecule has 41 heteroatoms. The number of aromatic nitrogens is 8. The fraction of sp³-hybridized carbons (Fsp3) is 0.510. The van der Waals surface area contributed by atoms with Crippen molar-refractivity contribution in [3.05, 3.63) is 212 Å². The summed E-state index contributed by atoms with van der Waals surface area (Å²) in [4.78, 5) is 104. The Labute approximate surface area is 860 Å². The highest BCUT2D eigenvalue weighted by molar-refractivity contribution is 7.59. The van der Waals surface area contributed by atoms with Crippen molar-refractivity contribution in [2.75, 3.05) is 214 Å². The summed E-state index contributed by atoms with van der Waals surface area (Å²) >= 11 is 6.72. The quantitative estimate of drug-likeness (QED) is 0.0336. The number of amides is 3. The zero-order valence-corrected chi connectivity index (χ0v) is 84.8. The summed E-state index contributed by atoms with van der Waals surface area (Å²) < 4.78 is 131. The third kappa shape index (κ3) is 24.4. The second kappa shape index (κ2) is 46.7. The summed E-state index contributed by atoms with van der Waals surface area (Å²) in [7, 11) is 5.84. The van der Waals surface area contributed by atoms with Gasteiger partial charge in [0.05, 0.1) is 64.7 Å². The number of halogens is 9. The van der Waals surface area contributed by atoms with Crippen molar-refractivity contribution < 1.29 is 63.7 Å². The number of H-pyrrole nitrogens is 1. The second-order valence-corrected chi connectivity index (χ2v) is 39.6. The molecule has 0 radical (unpaired) electrons. The summed E-state index contributed by atoms with van der Waals surface area (Å²) in [5.74, 6) is -0.304. The van der Waals surface area contributed by atoms with Crippen molar-refractivity contribution in [3.8, 4) is 18.0 Å². The molecule has 0 aliphatic carbocycles. The minimum atomic E-state index is -4.59. The van der Waals surface area contributed by atoms with Crippen molar-refractivity contribution in [1.29, 1.82) is 0 Å². The maximum absolute atomic E-state index is 14.8. The molecule has 7 saturated heterocycles. The highest BCUT2D eigenvalue weighted by Crippen LogP contribution is 2.47. The Kier molecular flexibility index (Phi) is 35.0. The van der Waals surface area contributed by atoms with E-state index in [1.807, 2.05) is 58.9 Å². The van der Waals surface area contributed by atoms with Crippen LogP contribution in [0.3, 0.4) is 0 Å². The van der Waals surface area contributed by atoms with E-state index in [1.165, 1.54) is 52.6 Å². The first-order valence-electron chi connectivity index (χ1n) is 48.5. The number of aromatic amines is 1. The minimum Gasteiger partial charge on any atom is -0.462 e. The Balaban J connectivity index is 0.000000171. The van der Waals surface area contributed by atoms with Gasteiger partial charge in [0, 0.05) is 199 Å². The number of carbonyl (C=O) groups is 3. The normalized spacial score (nSPS) is 22.6. The Morgan fingerprint density at radius 3 is 1.45 bits per heavy atom. The van der Waals surface area contributed by atoms with Gasteiger partial charge in [-0.3, -0.25) is 34.2 Å². The van der Waals surface area contributed by atoms with Gasteiger partial charge in [-0.25, -0.2) is 41.7 Å². The van der Waals surface area contributed by atoms with Gasteiger partial charge >= 0.3 is 24.2 Å². The molecule has 30 nitrogen and oxygen atoms in total. The van der Waals surface area contributed by atoms with Gasteiger partial charge in [0.1, 0.15) is 79.6 Å². The average Bonchev–Trinajstić information content (AvgIpc) is 1.68. The largest absolute Gasteiger partial charge is 0.462 e. The summed E-state index contributed by atoms with van der Waals surface area (Å²) in [6.45, 7) is 42.2. The number of alkyl halides is 7. The standard InChI is InChI=1S/C37H43ClF2N8O2.C35H41F2N7O2.C31H35F4N9O2.CH4.2H2S/c1-37(40)17-27(44(3)24-37)23-50-36-42-31-22-46(32-10-5-8-25-7-4-9-30(38)34(25)32)14-12-29(31)35(43-36)47-15-16-48(28(21-47)18-41-2)33(49)11-6-13-45-19-26(39)20-45;1-24-8-5-9-25-10-6-11-30(32(24)25)42-15-13-28-29(21-42)39-34(46-22-26-18-35(2,37)23-41(26)4)40-33(28)43-16-17-44(27(20-43)19-38-3)31(45)12-7-14-36;1-18-12-24-23(14-37-40-24)27(26(18)31(33,34)35)42-9-7-22-25(16-42)38-30(46-17-20-6-5-8-41(20)4)39-28(22)43-10-11-44(29(45)19(2)32)21(15-43)13-36-3;;;/h4-11,26-28H,12-24H2,1,3H3;5-12,26-27H,13-23H2,1-2,4H3;12,14,20-21H,2,5-11,13,15-17H2,1,4H3,(H,37,40);1H4;2*1H2/b11-6+;12-7+;;;;/t27-,28-,37?;26-,27-,35?;20-,21-;;;/m000.../s1. The number of allylic oxidation sites excluding steroid dienone is 1. The molecule has 7 fully saturated rings. The van der Waals surface area contributed by atoms with Crippen molar-refractivity contribution in [1.82, 2.24) is 74.4 Å². The molecule has 3 amide bonds. The van der Waals surface area contributed by atoms with E-state index in [1.54, 1.807) is 40.7 Å². The van der Waals surface area contributed by atoms with E-state index in [-0.39, 0.29) is 165 Å². The van der Waals surface area contributed by atoms with Crippen LogP contribution >= 0.6 is 38.6 Å². The molecule has 4 aromatic heterocycles. The van der Waals surface area contributed by atoms with Crippen LogP contribution in [0.1, 0.15) is 97.4 Å². The molecule has 10 aliphatic heterocycles. The molecule has 0 spiro atoms. The fourth-order valence-electron chi connectivity index (χ4n) is 22.0. The van der Waals surface area contributed by atoms with Crippen LogP contribution in [0.2, 0.25) is 5.02 Å². The zero-order valence-electron chi connectivity index (χ0n) is 82.0. The van der Waals surface area contributed by atoms with Gasteiger partial charge in [0.25, 0.3) is 5.91 Å². The van der Waals surface area contributed by atoms with Gasteiger partial charge in [-0.05, 0) is 140 Å². The molecule has 2 unspecified atom stereocenters. The number of fused-ring (bicyclic) bond motifs is 6. The van der Waals surface area contributed by atoms with Gasteiger partial charge < -0.3 is 77.7 Å². The van der Waals surface area contributed by atoms with Crippen LogP contribution in [0.4, 0.5) is 69.6 Å². The van der Waals surface area contributed by atoms with Gasteiger partial charge in [0.2, 0.25) is 31.4 Å². The Morgan fingerprint density at radius 2 is 1.00 bits per heavy atom. The molecule has 5 aromatic carbocycles. The predicted molar refractivity (Wildman–Crippen MR) is 558 cm³/mol. The lowest BCUT2D eigenvalue weighted by atomic mass is 9.98. The Morgan fingerprint density at radius 1 is 0.559 bits per heavy atom. The summed E-state index contributed by atoms with van der Waals surface area (Å²) in [6, 6.07) is 25.6. The van der Waals surface area contributed by atoms with Crippen LogP contribution in [0.25, 0.3) is 47.0 Å². The molecule has 14 heterocycles. The monoisotopic (exact) mass is 2060 g/mol. The number of hydrogen-bond donors (Lipinski definition) is 1. The third-order valence-corrected chi connectivity index (χ3v) is 29.3. The van der Waals surface area contributed by atoms with E-state index < -0.39 is 53.7 Å². The predicted octanol–water partition coefficient (Wildman–Crippen LogP) is 14.6. The van der Waals surface area contributed by atoms with E-state index in [9.17, 15) is 49.5 Å². The van der Waals surface area contributed by atoms with Crippen LogP contribution in [-0.2, 0) is 59.5 Å². The van der Waals surface area contributed by atoms with E-state index in [0.717, 1.165) is 94.3 Å². The lowest BCUT2D eigenvalue weighted by Gasteiger charge is -2.41. The molecular weight excluding hydrogens is 1930 g/mol. The Bertz CT molecular complexity index is 6390. The van der Waals surface area contributed by atoms with Crippen molar-refractivity contribution in [2.24, 2.45) is 0 Å². The van der Waals surface area contributed by atoms with Crippen LogP contribution < -0.4 is 43.6 Å². The lowest BCUT2D eigenvalue weighted by molar-refractivity contribution is -0.137. The van der Waals surface area contributed by atoms with Crippen LogP contribution in [0.5, 0.6) is 18.0 Å². The van der Waals surface area contributed by atoms with E-state index >= 15 is 0 Å². The maximum atomic E-state index is 14.8. The number of nitrogens with zero attached hydrogens (tertiary/aromatic N) is 23. The number of ether oxygens (including phenoxy) is 3. The van der Waals surface area contributed by atoms with Crippen LogP contribution in [0, 0.1) is 33.6 Å². The van der Waals surface area contributed by atoms with Gasteiger partial charge in [-0.1, -0.05) is 86.3 Å². The smallest absolute Gasteiger partial charge is 0.418 e. The number of aryl methyl sites for hydroxylation is 2. The number of likely N-dealkylation sites (N-methyl/N-ethyl adjacent to an activating group) is 3. The van der Waals surface area contributed by atoms with Gasteiger partial charge in [-0.2, -0.15) is 75.2 Å². The summed E-state index contributed by atoms with van der Waals surface area (Å²) in [5.41, 5.74) is 5.88. The van der Waals surface area contributed by atoms with Crippen molar-refractivity contribution in [3.63, 3.8) is 0 Å². The summed E-state index contributed by atoms with van der Waals surface area (Å²) in [5, 5.41) is 12.4. The van der Waals surface area contributed by atoms with E-state index in [4.69, 9.17) is 75.4 Å². The van der Waals surface area contributed by atoms with Crippen molar-refractivity contribution >= 4 is 123 Å². The number of carbonyl (C=O) groups excluding carboxylic acids is 3. The molecule has 145 heavy (non-hydrogen) atoms.